The fourth-order valence-electron chi connectivity index (χ4n) is 17.1. The van der Waals surface area contributed by atoms with E-state index >= 15 is 0 Å². The molecule has 4 saturated carbocycles. The summed E-state index contributed by atoms with van der Waals surface area (Å²) in [7, 11) is 1.08. The Balaban J connectivity index is 0.970. The van der Waals surface area contributed by atoms with Crippen LogP contribution in [-0.2, 0) is 47.4 Å². The van der Waals surface area contributed by atoms with Gasteiger partial charge in [0.15, 0.2) is 31.1 Å². The minimum absolute atomic E-state index is 0.0232. The van der Waals surface area contributed by atoms with Crippen LogP contribution >= 0.6 is 0 Å². The number of methoxy groups -OCH3 is 1. The predicted octanol–water partition coefficient (Wildman–Crippen LogP) is 2.08. The standard InChI is InChI=1S/C62H86O22/c1-57(2)25-33-32-19-20-37-59(5)23-22-39(79-56-48(82-55-44(71)42(69)41(68)35(27-63)78-55)46(45(72)47(81-56)53(75)76-8)80-54-43(70)40(67)34(65)28-77-54)58(3,4)36(59)21-24-60(37,6)61(32,7)26-38(66)62(33,29-64)50(84-52(74)31-17-13-10-14-18-31)49(57)83-51(73)30-15-11-9-12-16-30/h9-19,33-50,54-56,63-72H,20-29H2,1-8H3/t33-,34+,35+,36-,37+,38+,39-,40-,41-,42-,43+,44+,45-,46-,47-,48+,49-,50-,54-,55-,56+,59-,60+,61+,62-/m0/s1. The minimum Gasteiger partial charge on any atom is -0.467 e. The van der Waals surface area contributed by atoms with Crippen molar-refractivity contribution in [3.63, 3.8) is 0 Å². The van der Waals surface area contributed by atoms with Gasteiger partial charge < -0.3 is 93.7 Å². The van der Waals surface area contributed by atoms with Crippen molar-refractivity contribution >= 4 is 17.9 Å². The van der Waals surface area contributed by atoms with Gasteiger partial charge in [-0.15, -0.1) is 0 Å². The smallest absolute Gasteiger partial charge is 0.338 e. The molecule has 8 aliphatic rings. The Labute approximate surface area is 488 Å². The Bertz CT molecular complexity index is 2710. The summed E-state index contributed by atoms with van der Waals surface area (Å²) in [5.41, 5.74) is -2.91. The number of fused-ring (bicyclic) bond motifs is 7. The maximum Gasteiger partial charge on any atom is 0.338 e. The molecule has 2 aromatic rings. The average molecular weight is 1180 g/mol. The number of rotatable bonds is 13. The number of aliphatic hydroxyl groups is 10. The Morgan fingerprint density at radius 3 is 1.85 bits per heavy atom. The van der Waals surface area contributed by atoms with Crippen LogP contribution < -0.4 is 0 Å². The van der Waals surface area contributed by atoms with Crippen molar-refractivity contribution in [1.29, 1.82) is 0 Å². The zero-order valence-corrected chi connectivity index (χ0v) is 48.9. The maximum atomic E-state index is 14.3. The van der Waals surface area contributed by atoms with Gasteiger partial charge in [-0.3, -0.25) is 0 Å². The molecule has 84 heavy (non-hydrogen) atoms. The van der Waals surface area contributed by atoms with Gasteiger partial charge in [0.1, 0.15) is 67.1 Å². The van der Waals surface area contributed by atoms with E-state index < -0.39 is 181 Å². The molecule has 3 aliphatic heterocycles. The molecule has 10 rings (SSSR count). The number of benzene rings is 2. The van der Waals surface area contributed by atoms with E-state index in [2.05, 4.69) is 40.7 Å². The average Bonchev–Trinajstić information content (AvgIpc) is 0.717. The van der Waals surface area contributed by atoms with Gasteiger partial charge in [0.05, 0.1) is 55.7 Å². The number of aliphatic hydroxyl groups excluding tert-OH is 10. The third-order valence-electron chi connectivity index (χ3n) is 21.9. The first-order chi connectivity index (χ1) is 39.6. The van der Waals surface area contributed by atoms with Crippen molar-refractivity contribution in [3.05, 3.63) is 83.4 Å². The molecule has 5 aliphatic carbocycles. The summed E-state index contributed by atoms with van der Waals surface area (Å²) >= 11 is 0. The van der Waals surface area contributed by atoms with Crippen LogP contribution in [0.5, 0.6) is 0 Å². The molecule has 0 unspecified atom stereocenters. The molecule has 0 aromatic heterocycles. The second-order valence-corrected chi connectivity index (χ2v) is 27.0. The third-order valence-corrected chi connectivity index (χ3v) is 21.9. The summed E-state index contributed by atoms with van der Waals surface area (Å²) in [6.07, 6.45) is -23.2. The van der Waals surface area contributed by atoms with Crippen LogP contribution in [0.3, 0.4) is 0 Å². The maximum absolute atomic E-state index is 14.3. The van der Waals surface area contributed by atoms with E-state index in [0.717, 1.165) is 12.7 Å². The summed E-state index contributed by atoms with van der Waals surface area (Å²) in [5, 5.41) is 112. The normalized spacial score (nSPS) is 45.9. The van der Waals surface area contributed by atoms with E-state index in [1.807, 2.05) is 13.8 Å². The predicted molar refractivity (Wildman–Crippen MR) is 292 cm³/mol. The first kappa shape index (κ1) is 63.0. The fraction of sp³-hybridized carbons (Fsp3) is 0.726. The Morgan fingerprint density at radius 2 is 1.24 bits per heavy atom. The first-order valence-corrected chi connectivity index (χ1v) is 29.5. The third kappa shape index (κ3) is 10.3. The molecule has 3 heterocycles. The van der Waals surface area contributed by atoms with Crippen molar-refractivity contribution in [1.82, 2.24) is 0 Å². The Morgan fingerprint density at radius 1 is 0.631 bits per heavy atom. The summed E-state index contributed by atoms with van der Waals surface area (Å²) in [6, 6.07) is 17.0. The van der Waals surface area contributed by atoms with Crippen molar-refractivity contribution in [2.45, 2.75) is 204 Å². The highest BCUT2D eigenvalue weighted by Gasteiger charge is 2.74. The van der Waals surface area contributed by atoms with Crippen molar-refractivity contribution in [2.75, 3.05) is 26.9 Å². The molecule has 2 aromatic carbocycles. The Kier molecular flexibility index (Phi) is 17.6. The van der Waals surface area contributed by atoms with Gasteiger partial charge >= 0.3 is 17.9 Å². The van der Waals surface area contributed by atoms with Crippen LogP contribution in [0.4, 0.5) is 0 Å². The molecular formula is C62H86O22. The van der Waals surface area contributed by atoms with Gasteiger partial charge in [0.2, 0.25) is 0 Å². The number of hydrogen-bond donors (Lipinski definition) is 10. The van der Waals surface area contributed by atoms with Crippen LogP contribution in [0.15, 0.2) is 72.3 Å². The van der Waals surface area contributed by atoms with Gasteiger partial charge in [0.25, 0.3) is 0 Å². The van der Waals surface area contributed by atoms with Crippen LogP contribution in [0.1, 0.15) is 114 Å². The topological polar surface area (TPSA) is 337 Å². The number of ether oxygens (including phenoxy) is 9. The lowest BCUT2D eigenvalue weighted by atomic mass is 9.33. The molecule has 25 atom stereocenters. The molecular weight excluding hydrogens is 1100 g/mol. The second kappa shape index (κ2) is 23.5. The van der Waals surface area contributed by atoms with Crippen LogP contribution in [-0.4, -0.2) is 206 Å². The quantitative estimate of drug-likeness (QED) is 0.0594. The zero-order valence-electron chi connectivity index (χ0n) is 48.9. The summed E-state index contributed by atoms with van der Waals surface area (Å²) < 4.78 is 55.2. The second-order valence-electron chi connectivity index (χ2n) is 27.0. The van der Waals surface area contributed by atoms with Crippen molar-refractivity contribution in [3.8, 4) is 0 Å². The highest BCUT2D eigenvalue weighted by atomic mass is 16.8. The fourth-order valence-corrected chi connectivity index (χ4v) is 17.1. The molecule has 0 spiro atoms. The highest BCUT2D eigenvalue weighted by molar-refractivity contribution is 5.90. The number of hydrogen-bond acceptors (Lipinski definition) is 22. The van der Waals surface area contributed by atoms with Gasteiger partial charge in [-0.2, -0.15) is 0 Å². The summed E-state index contributed by atoms with van der Waals surface area (Å²) in [4.78, 5) is 41.8. The molecule has 10 N–H and O–H groups in total. The summed E-state index contributed by atoms with van der Waals surface area (Å²) in [6.45, 7) is 13.1. The molecule has 22 heteroatoms. The zero-order chi connectivity index (χ0) is 60.8. The Hall–Kier alpha value is -4.05. The van der Waals surface area contributed by atoms with Crippen LogP contribution in [0.25, 0.3) is 0 Å². The van der Waals surface area contributed by atoms with Gasteiger partial charge in [-0.25, -0.2) is 14.4 Å². The SMILES string of the molecule is COC(=O)[C@H]1O[C@@H](O[C@H]2CC[C@]3(C)[C@H]4CC=C5[C@@H]6CC(C)(C)[C@@H](OC(=O)c7ccccc7)[C@H](OC(=O)c7ccccc7)[C@]6(CO)[C@H](O)C[C@@]5(C)[C@]4(C)CC[C@H]3C2(C)C)[C@H](O[C@@H]2O[C@H](CO)[C@H](O)[C@H](O)[C@H]2O)[C@@H](O[C@@H]2OC[C@@H](O)[C@H](O)[C@H]2O)[C@@H]1O. The van der Waals surface area contributed by atoms with Gasteiger partial charge in [0, 0.05) is 5.41 Å². The number of carbonyl (C=O) groups excluding carboxylic acids is 3. The number of carbonyl (C=O) groups is 3. The molecule has 7 fully saturated rings. The monoisotopic (exact) mass is 1180 g/mol. The first-order valence-electron chi connectivity index (χ1n) is 29.5. The molecule has 0 radical (unpaired) electrons. The number of allylic oxidation sites excluding steroid dienone is 2. The van der Waals surface area contributed by atoms with E-state index in [4.69, 9.17) is 42.6 Å². The van der Waals surface area contributed by atoms with Crippen LogP contribution in [0, 0.1) is 50.2 Å². The number of esters is 3. The highest BCUT2D eigenvalue weighted by Crippen LogP contribution is 2.76. The van der Waals surface area contributed by atoms with Crippen LogP contribution in [0.2, 0.25) is 0 Å². The largest absolute Gasteiger partial charge is 0.467 e. The van der Waals surface area contributed by atoms with Crippen molar-refractivity contribution < 1.29 is 108 Å². The van der Waals surface area contributed by atoms with E-state index in [1.165, 1.54) is 0 Å². The molecule has 0 bridgehead atoms. The molecule has 0 amide bonds. The molecule has 3 saturated heterocycles. The summed E-state index contributed by atoms with van der Waals surface area (Å²) in [5.74, 6) is -2.90. The van der Waals surface area contributed by atoms with E-state index in [-0.39, 0.29) is 29.2 Å². The van der Waals surface area contributed by atoms with Gasteiger partial charge in [-0.1, -0.05) is 96.5 Å². The molecule has 22 nitrogen and oxygen atoms in total. The lowest BCUT2D eigenvalue weighted by molar-refractivity contribution is -0.392. The van der Waals surface area contributed by atoms with E-state index in [9.17, 15) is 65.4 Å². The minimum atomic E-state index is -1.98. The van der Waals surface area contributed by atoms with E-state index in [1.54, 1.807) is 60.7 Å². The lowest BCUT2D eigenvalue weighted by Crippen LogP contribution is -2.72. The van der Waals surface area contributed by atoms with Gasteiger partial charge in [-0.05, 0) is 109 Å². The molecule has 466 valence electrons. The van der Waals surface area contributed by atoms with E-state index in [0.29, 0.717) is 44.1 Å². The lowest BCUT2D eigenvalue weighted by Gasteiger charge is -2.72. The van der Waals surface area contributed by atoms with Crippen molar-refractivity contribution in [2.24, 2.45) is 50.2 Å².